The Balaban J connectivity index is 1.55. The molecule has 2 aliphatic rings. The van der Waals surface area contributed by atoms with Gasteiger partial charge in [0.15, 0.2) is 0 Å². The third kappa shape index (κ3) is 2.98. The van der Waals surface area contributed by atoms with Crippen molar-refractivity contribution >= 4 is 0 Å². The van der Waals surface area contributed by atoms with E-state index in [-0.39, 0.29) is 0 Å². The van der Waals surface area contributed by atoms with Gasteiger partial charge in [0, 0.05) is 6.04 Å². The second-order valence-electron chi connectivity index (χ2n) is 5.51. The summed E-state index contributed by atoms with van der Waals surface area (Å²) in [6, 6.07) is 0.885. The zero-order valence-corrected chi connectivity index (χ0v) is 9.60. The Kier molecular flexibility index (Phi) is 3.86. The lowest BCUT2D eigenvalue weighted by Crippen LogP contribution is -2.36. The molecule has 2 unspecified atom stereocenters. The number of hydrogen-bond acceptors (Lipinski definition) is 1. The first-order valence-electron chi connectivity index (χ1n) is 6.58. The molecule has 82 valence electrons. The van der Waals surface area contributed by atoms with Crippen molar-refractivity contribution in [2.75, 3.05) is 6.54 Å². The Morgan fingerprint density at radius 3 is 2.50 bits per heavy atom. The lowest BCUT2D eigenvalue weighted by molar-refractivity contribution is 0.255. The summed E-state index contributed by atoms with van der Waals surface area (Å²) in [5.41, 5.74) is 0. The van der Waals surface area contributed by atoms with Crippen LogP contribution in [0.3, 0.4) is 0 Å². The van der Waals surface area contributed by atoms with Crippen molar-refractivity contribution in [3.05, 3.63) is 0 Å². The highest BCUT2D eigenvalue weighted by Crippen LogP contribution is 2.30. The van der Waals surface area contributed by atoms with Gasteiger partial charge in [-0.15, -0.1) is 0 Å². The fraction of sp³-hybridized carbons (Fsp3) is 1.00. The minimum Gasteiger partial charge on any atom is -0.314 e. The molecule has 0 aromatic heterocycles. The molecule has 14 heavy (non-hydrogen) atoms. The Morgan fingerprint density at radius 1 is 1.07 bits per heavy atom. The van der Waals surface area contributed by atoms with Crippen LogP contribution in [0.1, 0.15) is 58.3 Å². The van der Waals surface area contributed by atoms with Gasteiger partial charge in [-0.3, -0.25) is 0 Å². The SMILES string of the molecule is CC1CCCC(CCNC2CCC2)C1. The lowest BCUT2D eigenvalue weighted by atomic mass is 9.81. The Hall–Kier alpha value is -0.0400. The maximum absolute atomic E-state index is 3.68. The Labute approximate surface area is 88.7 Å². The molecule has 2 saturated carbocycles. The molecule has 0 bridgehead atoms. The van der Waals surface area contributed by atoms with Gasteiger partial charge in [0.25, 0.3) is 0 Å². The van der Waals surface area contributed by atoms with Crippen LogP contribution >= 0.6 is 0 Å². The van der Waals surface area contributed by atoms with E-state index in [0.29, 0.717) is 0 Å². The Bertz CT molecular complexity index is 163. The molecule has 2 fully saturated rings. The lowest BCUT2D eigenvalue weighted by Gasteiger charge is -2.30. The van der Waals surface area contributed by atoms with Crippen LogP contribution < -0.4 is 5.32 Å². The molecule has 0 radical (unpaired) electrons. The van der Waals surface area contributed by atoms with Crippen molar-refractivity contribution in [1.82, 2.24) is 5.32 Å². The zero-order valence-electron chi connectivity index (χ0n) is 9.60. The van der Waals surface area contributed by atoms with Gasteiger partial charge in [-0.25, -0.2) is 0 Å². The van der Waals surface area contributed by atoms with Crippen LogP contribution in [0.25, 0.3) is 0 Å². The predicted molar refractivity (Wildman–Crippen MR) is 61.4 cm³/mol. The van der Waals surface area contributed by atoms with E-state index in [9.17, 15) is 0 Å². The molecule has 2 atom stereocenters. The third-order valence-electron chi connectivity index (χ3n) is 4.14. The molecule has 0 heterocycles. The first kappa shape index (κ1) is 10.5. The molecule has 0 aromatic carbocycles. The highest BCUT2D eigenvalue weighted by atomic mass is 14.9. The van der Waals surface area contributed by atoms with Crippen LogP contribution in [0, 0.1) is 11.8 Å². The van der Waals surface area contributed by atoms with Gasteiger partial charge in [-0.1, -0.05) is 32.6 Å². The van der Waals surface area contributed by atoms with Crippen LogP contribution in [-0.2, 0) is 0 Å². The maximum Gasteiger partial charge on any atom is 0.00670 e. The molecule has 2 rings (SSSR count). The summed E-state index contributed by atoms with van der Waals surface area (Å²) in [6.45, 7) is 3.70. The van der Waals surface area contributed by atoms with Gasteiger partial charge in [0.05, 0.1) is 0 Å². The van der Waals surface area contributed by atoms with Crippen molar-refractivity contribution in [2.24, 2.45) is 11.8 Å². The third-order valence-corrected chi connectivity index (χ3v) is 4.14. The molecular weight excluding hydrogens is 170 g/mol. The van der Waals surface area contributed by atoms with Gasteiger partial charge in [-0.05, 0) is 44.1 Å². The summed E-state index contributed by atoms with van der Waals surface area (Å²) < 4.78 is 0. The standard InChI is InChI=1S/C13H25N/c1-11-4-2-5-12(10-11)8-9-14-13-6-3-7-13/h11-14H,2-10H2,1H3. The first-order valence-corrected chi connectivity index (χ1v) is 6.58. The summed E-state index contributed by atoms with van der Waals surface area (Å²) in [4.78, 5) is 0. The average Bonchev–Trinajstić information content (AvgIpc) is 2.09. The maximum atomic E-state index is 3.68. The van der Waals surface area contributed by atoms with E-state index < -0.39 is 0 Å². The van der Waals surface area contributed by atoms with Crippen molar-refractivity contribution in [1.29, 1.82) is 0 Å². The second-order valence-corrected chi connectivity index (χ2v) is 5.51. The topological polar surface area (TPSA) is 12.0 Å². The van der Waals surface area contributed by atoms with Crippen LogP contribution in [0.4, 0.5) is 0 Å². The fourth-order valence-corrected chi connectivity index (χ4v) is 2.93. The molecule has 2 aliphatic carbocycles. The minimum atomic E-state index is 0.885. The van der Waals surface area contributed by atoms with E-state index in [0.717, 1.165) is 17.9 Å². The van der Waals surface area contributed by atoms with Gasteiger partial charge in [0.2, 0.25) is 0 Å². The first-order chi connectivity index (χ1) is 6.84. The second kappa shape index (κ2) is 5.16. The van der Waals surface area contributed by atoms with Crippen molar-refractivity contribution in [3.63, 3.8) is 0 Å². The van der Waals surface area contributed by atoms with E-state index in [4.69, 9.17) is 0 Å². The molecule has 1 heteroatoms. The minimum absolute atomic E-state index is 0.885. The molecular formula is C13H25N. The van der Waals surface area contributed by atoms with Crippen molar-refractivity contribution in [2.45, 2.75) is 64.3 Å². The van der Waals surface area contributed by atoms with E-state index in [2.05, 4.69) is 12.2 Å². The van der Waals surface area contributed by atoms with E-state index >= 15 is 0 Å². The summed E-state index contributed by atoms with van der Waals surface area (Å²) in [5.74, 6) is 2.03. The van der Waals surface area contributed by atoms with E-state index in [1.807, 2.05) is 0 Å². The fourth-order valence-electron chi connectivity index (χ4n) is 2.93. The number of rotatable bonds is 4. The van der Waals surface area contributed by atoms with Crippen LogP contribution in [-0.4, -0.2) is 12.6 Å². The average molecular weight is 195 g/mol. The van der Waals surface area contributed by atoms with Gasteiger partial charge in [-0.2, -0.15) is 0 Å². The molecule has 0 saturated heterocycles. The Morgan fingerprint density at radius 2 is 1.86 bits per heavy atom. The van der Waals surface area contributed by atoms with Gasteiger partial charge >= 0.3 is 0 Å². The highest BCUT2D eigenvalue weighted by molar-refractivity contribution is 4.77. The van der Waals surface area contributed by atoms with Crippen molar-refractivity contribution < 1.29 is 0 Å². The van der Waals surface area contributed by atoms with E-state index in [1.54, 1.807) is 0 Å². The normalized spacial score (nSPS) is 34.1. The van der Waals surface area contributed by atoms with Gasteiger partial charge in [0.1, 0.15) is 0 Å². The van der Waals surface area contributed by atoms with Crippen molar-refractivity contribution in [3.8, 4) is 0 Å². The van der Waals surface area contributed by atoms with Crippen LogP contribution in [0.2, 0.25) is 0 Å². The molecule has 0 spiro atoms. The largest absolute Gasteiger partial charge is 0.314 e. The summed E-state index contributed by atoms with van der Waals surface area (Å²) in [7, 11) is 0. The molecule has 1 N–H and O–H groups in total. The number of hydrogen-bond donors (Lipinski definition) is 1. The molecule has 1 nitrogen and oxygen atoms in total. The quantitative estimate of drug-likeness (QED) is 0.725. The summed E-state index contributed by atoms with van der Waals surface area (Å²) in [6.07, 6.45) is 11.7. The summed E-state index contributed by atoms with van der Waals surface area (Å²) in [5, 5.41) is 3.68. The monoisotopic (exact) mass is 195 g/mol. The van der Waals surface area contributed by atoms with Gasteiger partial charge < -0.3 is 5.32 Å². The molecule has 0 aromatic rings. The summed E-state index contributed by atoms with van der Waals surface area (Å²) >= 11 is 0. The van der Waals surface area contributed by atoms with Crippen LogP contribution in [0.5, 0.6) is 0 Å². The number of nitrogens with one attached hydrogen (secondary N) is 1. The zero-order chi connectivity index (χ0) is 9.80. The highest BCUT2D eigenvalue weighted by Gasteiger charge is 2.20. The van der Waals surface area contributed by atoms with Crippen LogP contribution in [0.15, 0.2) is 0 Å². The van der Waals surface area contributed by atoms with E-state index in [1.165, 1.54) is 57.9 Å². The molecule has 0 amide bonds. The molecule has 0 aliphatic heterocycles. The smallest absolute Gasteiger partial charge is 0.00670 e. The predicted octanol–water partition coefficient (Wildman–Crippen LogP) is 3.34.